The summed E-state index contributed by atoms with van der Waals surface area (Å²) in [6, 6.07) is -0.716. The number of hydrogen-bond donors (Lipinski definition) is 4. The molecule has 92 valence electrons. The minimum absolute atomic E-state index is 0.520. The molecule has 0 aromatic rings. The van der Waals surface area contributed by atoms with E-state index in [1.54, 1.807) is 0 Å². The summed E-state index contributed by atoms with van der Waals surface area (Å²) in [4.78, 5) is 10.1. The summed E-state index contributed by atoms with van der Waals surface area (Å²) < 4.78 is 18.8. The molecule has 0 aliphatic heterocycles. The maximum Gasteiger partial charge on any atom is 0.320 e. The lowest BCUT2D eigenvalue weighted by Crippen LogP contribution is -2.29. The number of hydrogen-bond acceptors (Lipinski definition) is 5. The van der Waals surface area contributed by atoms with Gasteiger partial charge in [0.15, 0.2) is 0 Å². The van der Waals surface area contributed by atoms with Gasteiger partial charge in [-0.25, -0.2) is 13.6 Å². The normalized spacial score (nSPS) is 12.5. The van der Waals surface area contributed by atoms with E-state index >= 15 is 0 Å². The predicted molar refractivity (Wildman–Crippen MR) is 57.5 cm³/mol. The van der Waals surface area contributed by atoms with Gasteiger partial charge in [-0.05, 0) is 19.4 Å². The van der Waals surface area contributed by atoms with Crippen molar-refractivity contribution >= 4 is 16.0 Å². The van der Waals surface area contributed by atoms with Crippen LogP contribution in [0.4, 0.5) is 0 Å². The molecular formula is C7H19N3O4S. The molecule has 7 N–H and O–H groups in total. The van der Waals surface area contributed by atoms with Gasteiger partial charge in [-0.15, -0.1) is 0 Å². The van der Waals surface area contributed by atoms with E-state index in [0.717, 1.165) is 19.1 Å². The monoisotopic (exact) mass is 241 g/mol. The summed E-state index contributed by atoms with van der Waals surface area (Å²) in [5.74, 6) is -0.933. The van der Waals surface area contributed by atoms with Gasteiger partial charge in [-0.2, -0.15) is 0 Å². The van der Waals surface area contributed by atoms with E-state index in [0.29, 0.717) is 13.0 Å². The Morgan fingerprint density at radius 2 is 1.80 bits per heavy atom. The molecule has 0 unspecified atom stereocenters. The highest BCUT2D eigenvalue weighted by atomic mass is 32.2. The van der Waals surface area contributed by atoms with E-state index in [-0.39, 0.29) is 0 Å². The van der Waals surface area contributed by atoms with Gasteiger partial charge in [-0.3, -0.25) is 4.79 Å². The van der Waals surface area contributed by atoms with Crippen molar-refractivity contribution < 1.29 is 18.3 Å². The minimum Gasteiger partial charge on any atom is -0.480 e. The molecule has 0 radical (unpaired) electrons. The Morgan fingerprint density at radius 1 is 1.40 bits per heavy atom. The van der Waals surface area contributed by atoms with Gasteiger partial charge >= 0.3 is 5.97 Å². The van der Waals surface area contributed by atoms with E-state index < -0.39 is 22.0 Å². The van der Waals surface area contributed by atoms with Crippen molar-refractivity contribution in [2.45, 2.75) is 25.3 Å². The van der Waals surface area contributed by atoms with Crippen LogP contribution >= 0.6 is 0 Å². The van der Waals surface area contributed by atoms with Crippen LogP contribution in [0.25, 0.3) is 0 Å². The highest BCUT2D eigenvalue weighted by molar-refractivity contribution is 7.88. The molecule has 0 aromatic heterocycles. The molecule has 0 aliphatic carbocycles. The number of aliphatic carboxylic acids is 1. The van der Waals surface area contributed by atoms with Gasteiger partial charge in [0.2, 0.25) is 10.0 Å². The first-order valence-electron chi connectivity index (χ1n) is 4.34. The molecular weight excluding hydrogens is 222 g/mol. The molecule has 0 fully saturated rings. The Labute approximate surface area is 89.7 Å². The number of unbranched alkanes of at least 4 members (excludes halogenated alkanes) is 1. The zero-order valence-corrected chi connectivity index (χ0v) is 9.53. The largest absolute Gasteiger partial charge is 0.480 e. The lowest BCUT2D eigenvalue weighted by molar-refractivity contribution is -0.138. The van der Waals surface area contributed by atoms with Crippen molar-refractivity contribution in [2.75, 3.05) is 12.8 Å². The second-order valence-corrected chi connectivity index (χ2v) is 4.72. The number of rotatable bonds is 5. The lowest BCUT2D eigenvalue weighted by Gasteiger charge is -2.03. The molecule has 0 bridgehead atoms. The molecule has 0 aromatic carbocycles. The lowest BCUT2D eigenvalue weighted by atomic mass is 10.1. The quantitative estimate of drug-likeness (QED) is 0.427. The average molecular weight is 241 g/mol. The maximum absolute atomic E-state index is 10.1. The van der Waals surface area contributed by atoms with E-state index in [9.17, 15) is 13.2 Å². The van der Waals surface area contributed by atoms with Crippen molar-refractivity contribution in [2.24, 2.45) is 16.6 Å². The Balaban J connectivity index is 0. The predicted octanol–water partition coefficient (Wildman–Crippen LogP) is -1.57. The molecule has 7 nitrogen and oxygen atoms in total. The zero-order valence-electron chi connectivity index (χ0n) is 8.72. The van der Waals surface area contributed by atoms with Crippen molar-refractivity contribution in [1.82, 2.24) is 0 Å². The standard InChI is InChI=1S/C6H14N2O2.CH5NO2S/c7-4-2-1-3-5(8)6(9)10;1-5(2,3)4/h5H,1-4,7-8H2,(H,9,10);1H3,(H2,2,3,4)/t5-;/m0./s1. The van der Waals surface area contributed by atoms with Gasteiger partial charge in [0, 0.05) is 0 Å². The third-order valence-corrected chi connectivity index (χ3v) is 1.29. The van der Waals surface area contributed by atoms with Crippen LogP contribution in [-0.2, 0) is 14.8 Å². The third kappa shape index (κ3) is 24.7. The van der Waals surface area contributed by atoms with Crippen LogP contribution in [0.5, 0.6) is 0 Å². The Kier molecular flexibility index (Phi) is 9.58. The fourth-order valence-electron chi connectivity index (χ4n) is 0.632. The van der Waals surface area contributed by atoms with Crippen LogP contribution < -0.4 is 16.6 Å². The summed E-state index contributed by atoms with van der Waals surface area (Å²) in [5.41, 5.74) is 10.4. The third-order valence-electron chi connectivity index (χ3n) is 1.29. The first kappa shape index (κ1) is 16.7. The smallest absolute Gasteiger partial charge is 0.320 e. The summed E-state index contributed by atoms with van der Waals surface area (Å²) in [6.07, 6.45) is 3.10. The average Bonchev–Trinajstić information content (AvgIpc) is 2.01. The fourth-order valence-corrected chi connectivity index (χ4v) is 0.632. The molecule has 8 heteroatoms. The van der Waals surface area contributed by atoms with Crippen LogP contribution in [0.1, 0.15) is 19.3 Å². The molecule has 0 aliphatic rings. The van der Waals surface area contributed by atoms with Crippen molar-refractivity contribution in [3.05, 3.63) is 0 Å². The number of primary sulfonamides is 1. The molecule has 15 heavy (non-hydrogen) atoms. The van der Waals surface area contributed by atoms with Crippen LogP contribution in [0.2, 0.25) is 0 Å². The molecule has 1 atom stereocenters. The molecule has 0 spiro atoms. The molecule has 0 saturated heterocycles. The van der Waals surface area contributed by atoms with Crippen molar-refractivity contribution in [3.63, 3.8) is 0 Å². The van der Waals surface area contributed by atoms with Gasteiger partial charge in [0.25, 0.3) is 0 Å². The van der Waals surface area contributed by atoms with Crippen molar-refractivity contribution in [3.8, 4) is 0 Å². The summed E-state index contributed by atoms with van der Waals surface area (Å²) in [5, 5.41) is 12.7. The van der Waals surface area contributed by atoms with Crippen LogP contribution in [0.3, 0.4) is 0 Å². The Hall–Kier alpha value is -0.700. The summed E-state index contributed by atoms with van der Waals surface area (Å²) >= 11 is 0. The second-order valence-electron chi connectivity index (χ2n) is 3.06. The maximum atomic E-state index is 10.1. The van der Waals surface area contributed by atoms with Crippen molar-refractivity contribution in [1.29, 1.82) is 0 Å². The number of sulfonamides is 1. The van der Waals surface area contributed by atoms with Crippen LogP contribution in [0.15, 0.2) is 0 Å². The second kappa shape index (κ2) is 8.60. The first-order valence-corrected chi connectivity index (χ1v) is 6.30. The van der Waals surface area contributed by atoms with Crippen LogP contribution in [-0.4, -0.2) is 38.3 Å². The van der Waals surface area contributed by atoms with E-state index in [1.165, 1.54) is 0 Å². The van der Waals surface area contributed by atoms with Gasteiger partial charge < -0.3 is 16.6 Å². The number of carboxylic acid groups (broad SMARTS) is 1. The van der Waals surface area contributed by atoms with Gasteiger partial charge in [0.1, 0.15) is 6.04 Å². The number of carbonyl (C=O) groups is 1. The SMILES string of the molecule is CS(N)(=O)=O.NCCCC[C@H](N)C(=O)O. The fraction of sp³-hybridized carbons (Fsp3) is 0.857. The highest BCUT2D eigenvalue weighted by Crippen LogP contribution is 1.96. The van der Waals surface area contributed by atoms with E-state index in [2.05, 4.69) is 5.14 Å². The topological polar surface area (TPSA) is 150 Å². The molecule has 0 rings (SSSR count). The molecule has 0 heterocycles. The first-order chi connectivity index (χ1) is 6.68. The van der Waals surface area contributed by atoms with E-state index in [1.807, 2.05) is 0 Å². The molecule has 0 amide bonds. The zero-order chi connectivity index (χ0) is 12.5. The Bertz CT molecular complexity index is 257. The minimum atomic E-state index is -3.17. The molecule has 0 saturated carbocycles. The highest BCUT2D eigenvalue weighted by Gasteiger charge is 2.09. The summed E-state index contributed by atoms with van der Waals surface area (Å²) in [6.45, 7) is 0.604. The van der Waals surface area contributed by atoms with Gasteiger partial charge in [-0.1, -0.05) is 6.42 Å². The summed E-state index contributed by atoms with van der Waals surface area (Å²) in [7, 11) is -3.17. The van der Waals surface area contributed by atoms with E-state index in [4.69, 9.17) is 16.6 Å². The Morgan fingerprint density at radius 3 is 2.07 bits per heavy atom. The van der Waals surface area contributed by atoms with Gasteiger partial charge in [0.05, 0.1) is 6.26 Å². The number of carboxylic acids is 1. The number of nitrogens with two attached hydrogens (primary N) is 3. The van der Waals surface area contributed by atoms with Crippen LogP contribution in [0, 0.1) is 0 Å².